The van der Waals surface area contributed by atoms with E-state index in [0.717, 1.165) is 24.3 Å². The van der Waals surface area contributed by atoms with E-state index in [1.165, 1.54) is 12.1 Å². The molecule has 0 saturated carbocycles. The minimum atomic E-state index is -4.47. The third-order valence-corrected chi connectivity index (χ3v) is 5.18. The molecule has 1 aliphatic rings. The lowest BCUT2D eigenvalue weighted by atomic mass is 10.2. The number of alkyl halides is 3. The Morgan fingerprint density at radius 3 is 2.44 bits per heavy atom. The molecular formula is C16H15F3N2O3S. The van der Waals surface area contributed by atoms with Crippen molar-refractivity contribution in [2.45, 2.75) is 11.1 Å². The maximum atomic E-state index is 12.6. The zero-order valence-corrected chi connectivity index (χ0v) is 14.0. The SMILES string of the molecule is CN1CCOc2ccc(S(=O)(=O)Nc3ccc(C(F)(F)F)cc3)cc21. The fourth-order valence-electron chi connectivity index (χ4n) is 2.44. The van der Waals surface area contributed by atoms with Crippen LogP contribution in [-0.4, -0.2) is 28.6 Å². The molecule has 1 heterocycles. The second-order valence-electron chi connectivity index (χ2n) is 5.58. The van der Waals surface area contributed by atoms with E-state index in [0.29, 0.717) is 24.6 Å². The molecule has 1 N–H and O–H groups in total. The maximum absolute atomic E-state index is 12.6. The number of likely N-dealkylation sites (N-methyl/N-ethyl adjacent to an activating group) is 1. The Morgan fingerprint density at radius 1 is 1.12 bits per heavy atom. The van der Waals surface area contributed by atoms with Crippen molar-refractivity contribution in [3.63, 3.8) is 0 Å². The maximum Gasteiger partial charge on any atom is 0.416 e. The van der Waals surface area contributed by atoms with Crippen LogP contribution >= 0.6 is 0 Å². The molecule has 5 nitrogen and oxygen atoms in total. The Balaban J connectivity index is 1.86. The molecule has 0 aromatic heterocycles. The zero-order chi connectivity index (χ0) is 18.2. The molecule has 0 fully saturated rings. The van der Waals surface area contributed by atoms with Gasteiger partial charge >= 0.3 is 6.18 Å². The fourth-order valence-corrected chi connectivity index (χ4v) is 3.52. The summed E-state index contributed by atoms with van der Waals surface area (Å²) in [6.45, 7) is 1.14. The minimum absolute atomic E-state index is 0.00324. The molecule has 2 aromatic rings. The van der Waals surface area contributed by atoms with Gasteiger partial charge in [-0.15, -0.1) is 0 Å². The molecule has 0 radical (unpaired) electrons. The van der Waals surface area contributed by atoms with Gasteiger partial charge in [0.1, 0.15) is 12.4 Å². The molecule has 0 spiro atoms. The van der Waals surface area contributed by atoms with Crippen molar-refractivity contribution >= 4 is 21.4 Å². The van der Waals surface area contributed by atoms with Gasteiger partial charge in [-0.3, -0.25) is 4.72 Å². The monoisotopic (exact) mass is 372 g/mol. The first kappa shape index (κ1) is 17.4. The van der Waals surface area contributed by atoms with E-state index in [-0.39, 0.29) is 10.6 Å². The predicted octanol–water partition coefficient (Wildman–Crippen LogP) is 3.33. The van der Waals surface area contributed by atoms with Crippen molar-refractivity contribution < 1.29 is 26.3 Å². The third-order valence-electron chi connectivity index (χ3n) is 3.80. The van der Waals surface area contributed by atoms with Gasteiger partial charge in [0.05, 0.1) is 22.7 Å². The number of halogens is 3. The van der Waals surface area contributed by atoms with Gasteiger partial charge in [0.15, 0.2) is 0 Å². The predicted molar refractivity (Wildman–Crippen MR) is 87.5 cm³/mol. The summed E-state index contributed by atoms with van der Waals surface area (Å²) in [5.41, 5.74) is -0.153. The van der Waals surface area contributed by atoms with Crippen molar-refractivity contribution in [1.82, 2.24) is 0 Å². The summed E-state index contributed by atoms with van der Waals surface area (Å²) in [6, 6.07) is 8.23. The van der Waals surface area contributed by atoms with E-state index in [1.54, 1.807) is 6.07 Å². The highest BCUT2D eigenvalue weighted by molar-refractivity contribution is 7.92. The van der Waals surface area contributed by atoms with Crippen LogP contribution in [0.25, 0.3) is 0 Å². The number of sulfonamides is 1. The lowest BCUT2D eigenvalue weighted by molar-refractivity contribution is -0.137. The van der Waals surface area contributed by atoms with Crippen LogP contribution in [0.15, 0.2) is 47.4 Å². The molecule has 0 amide bonds. The van der Waals surface area contributed by atoms with Crippen LogP contribution in [0.4, 0.5) is 24.5 Å². The van der Waals surface area contributed by atoms with Crippen molar-refractivity contribution in [1.29, 1.82) is 0 Å². The average molecular weight is 372 g/mol. The largest absolute Gasteiger partial charge is 0.490 e. The van der Waals surface area contributed by atoms with Gasteiger partial charge in [-0.2, -0.15) is 13.2 Å². The molecule has 0 bridgehead atoms. The van der Waals surface area contributed by atoms with Crippen molar-refractivity contribution in [3.05, 3.63) is 48.0 Å². The van der Waals surface area contributed by atoms with E-state index >= 15 is 0 Å². The van der Waals surface area contributed by atoms with Crippen LogP contribution in [0.1, 0.15) is 5.56 Å². The second-order valence-corrected chi connectivity index (χ2v) is 7.26. The zero-order valence-electron chi connectivity index (χ0n) is 13.2. The van der Waals surface area contributed by atoms with E-state index in [4.69, 9.17) is 4.74 Å². The van der Waals surface area contributed by atoms with Crippen molar-refractivity contribution in [2.75, 3.05) is 29.8 Å². The van der Waals surface area contributed by atoms with Gasteiger partial charge in [-0.1, -0.05) is 0 Å². The number of benzene rings is 2. The number of nitrogens with one attached hydrogen (secondary N) is 1. The van der Waals surface area contributed by atoms with Gasteiger partial charge < -0.3 is 9.64 Å². The Hall–Kier alpha value is -2.42. The molecule has 0 aliphatic carbocycles. The molecule has 0 unspecified atom stereocenters. The normalized spacial score (nSPS) is 14.6. The molecule has 3 rings (SSSR count). The summed E-state index contributed by atoms with van der Waals surface area (Å²) in [4.78, 5) is 1.87. The van der Waals surface area contributed by atoms with Crippen LogP contribution in [-0.2, 0) is 16.2 Å². The fraction of sp³-hybridized carbons (Fsp3) is 0.250. The van der Waals surface area contributed by atoms with Crippen LogP contribution in [0.2, 0.25) is 0 Å². The Labute approximate surface area is 143 Å². The van der Waals surface area contributed by atoms with E-state index in [9.17, 15) is 21.6 Å². The Bertz CT molecular complexity index is 880. The van der Waals surface area contributed by atoms with Crippen LogP contribution in [0.3, 0.4) is 0 Å². The van der Waals surface area contributed by atoms with Crippen LogP contribution < -0.4 is 14.4 Å². The lowest BCUT2D eigenvalue weighted by Gasteiger charge is -2.28. The highest BCUT2D eigenvalue weighted by atomic mass is 32.2. The number of anilines is 2. The average Bonchev–Trinajstić information content (AvgIpc) is 2.54. The summed E-state index contributed by atoms with van der Waals surface area (Å²) >= 11 is 0. The summed E-state index contributed by atoms with van der Waals surface area (Å²) in [5, 5.41) is 0. The van der Waals surface area contributed by atoms with E-state index < -0.39 is 21.8 Å². The van der Waals surface area contributed by atoms with Crippen LogP contribution in [0, 0.1) is 0 Å². The molecule has 0 saturated heterocycles. The Morgan fingerprint density at radius 2 is 1.80 bits per heavy atom. The number of hydrogen-bond donors (Lipinski definition) is 1. The minimum Gasteiger partial charge on any atom is -0.490 e. The third kappa shape index (κ3) is 3.65. The van der Waals surface area contributed by atoms with Crippen LogP contribution in [0.5, 0.6) is 5.75 Å². The molecule has 9 heteroatoms. The second kappa shape index (κ2) is 6.14. The first-order chi connectivity index (χ1) is 11.7. The van der Waals surface area contributed by atoms with Gasteiger partial charge in [0.25, 0.3) is 10.0 Å². The first-order valence-electron chi connectivity index (χ1n) is 7.35. The quantitative estimate of drug-likeness (QED) is 0.898. The van der Waals surface area contributed by atoms with Gasteiger partial charge in [0.2, 0.25) is 0 Å². The molecular weight excluding hydrogens is 357 g/mol. The standard InChI is InChI=1S/C16H15F3N2O3S/c1-21-8-9-24-15-7-6-13(10-14(15)21)25(22,23)20-12-4-2-11(3-5-12)16(17,18)19/h2-7,10,20H,8-9H2,1H3. The number of nitrogens with zero attached hydrogens (tertiary/aromatic N) is 1. The van der Waals surface area contributed by atoms with E-state index in [1.807, 2.05) is 11.9 Å². The summed E-state index contributed by atoms with van der Waals surface area (Å²) < 4.78 is 70.4. The number of rotatable bonds is 3. The molecule has 0 atom stereocenters. The first-order valence-corrected chi connectivity index (χ1v) is 8.83. The number of ether oxygens (including phenoxy) is 1. The van der Waals surface area contributed by atoms with E-state index in [2.05, 4.69) is 4.72 Å². The lowest BCUT2D eigenvalue weighted by Crippen LogP contribution is -2.29. The highest BCUT2D eigenvalue weighted by Crippen LogP contribution is 2.34. The Kier molecular flexibility index (Phi) is 4.28. The summed E-state index contributed by atoms with van der Waals surface area (Å²) in [6.07, 6.45) is -4.47. The smallest absolute Gasteiger partial charge is 0.416 e. The molecule has 1 aliphatic heterocycles. The highest BCUT2D eigenvalue weighted by Gasteiger charge is 2.30. The summed E-state index contributed by atoms with van der Waals surface area (Å²) in [5.74, 6) is 0.585. The van der Waals surface area contributed by atoms with Crippen molar-refractivity contribution in [2.24, 2.45) is 0 Å². The van der Waals surface area contributed by atoms with Gasteiger partial charge in [0, 0.05) is 12.7 Å². The number of hydrogen-bond acceptors (Lipinski definition) is 4. The van der Waals surface area contributed by atoms with Crippen molar-refractivity contribution in [3.8, 4) is 5.75 Å². The van der Waals surface area contributed by atoms with Gasteiger partial charge in [-0.05, 0) is 42.5 Å². The van der Waals surface area contributed by atoms with Gasteiger partial charge in [-0.25, -0.2) is 8.42 Å². The number of fused-ring (bicyclic) bond motifs is 1. The molecule has 25 heavy (non-hydrogen) atoms. The molecule has 2 aromatic carbocycles. The topological polar surface area (TPSA) is 58.6 Å². The summed E-state index contributed by atoms with van der Waals surface area (Å²) in [7, 11) is -2.11. The molecule has 134 valence electrons.